The van der Waals surface area contributed by atoms with Crippen molar-refractivity contribution in [2.75, 3.05) is 11.5 Å². The molecule has 0 aliphatic heterocycles. The Balaban J connectivity index is 1.00. The third kappa shape index (κ3) is 7.07. The van der Waals surface area contributed by atoms with Gasteiger partial charge < -0.3 is 19.3 Å². The summed E-state index contributed by atoms with van der Waals surface area (Å²) in [5.74, 6) is 4.15. The molecule has 0 atom stereocenters. The van der Waals surface area contributed by atoms with E-state index in [4.69, 9.17) is 0 Å². The third-order valence-electron chi connectivity index (χ3n) is 11.1. The van der Waals surface area contributed by atoms with Crippen molar-refractivity contribution in [3.05, 3.63) is 143 Å². The number of nitrogens with zero attached hydrogens (tertiary/aromatic N) is 2. The average molecular weight is 777 g/mol. The van der Waals surface area contributed by atoms with Gasteiger partial charge in [0, 0.05) is 44.2 Å². The molecule has 0 aliphatic carbocycles. The number of aryl methyl sites for hydroxylation is 1. The fourth-order valence-corrected chi connectivity index (χ4v) is 9.98. The number of para-hydroxylation sites is 3. The number of fused-ring (bicyclic) bond motifs is 6. The van der Waals surface area contributed by atoms with Crippen molar-refractivity contribution in [1.82, 2.24) is 9.13 Å². The first-order valence-corrected chi connectivity index (χ1v) is 22.0. The number of thioether (sulfide) groups is 2. The average Bonchev–Trinajstić information content (AvgIpc) is 3.67. The first kappa shape index (κ1) is 38.1. The number of rotatable bonds is 10. The Hall–Kier alpha value is -4.78. The maximum absolute atomic E-state index is 12.0. The van der Waals surface area contributed by atoms with Gasteiger partial charge in [0.1, 0.15) is 11.5 Å². The van der Waals surface area contributed by atoms with Crippen molar-refractivity contribution in [3.63, 3.8) is 0 Å². The Bertz CT molecular complexity index is 2690. The maximum atomic E-state index is 12.0. The molecule has 0 fully saturated rings. The molecular formula is C50H52N2O2S2. The standard InChI is InChI=1S/C50H52N2O2S2/c1-32-21-22-40-39-17-10-13-20-43(39)52(44(40)25-32)46-29-36(50(5,6)7)27-34(48(46)54)31-56-24-14-23-55-30-33-26-35(49(2,3)4)28-45(47(33)53)51-41-18-11-8-15-37(41)38-16-9-12-19-42(38)51/h8-13,15-22,25-29,53-54H,14,23-24,30-31H2,1-7H3. The molecule has 0 aliphatic rings. The number of aromatic nitrogens is 2. The largest absolute Gasteiger partial charge is 0.505 e. The minimum Gasteiger partial charge on any atom is -0.505 e. The van der Waals surface area contributed by atoms with Gasteiger partial charge in [0.25, 0.3) is 0 Å². The van der Waals surface area contributed by atoms with Gasteiger partial charge in [-0.15, -0.1) is 0 Å². The van der Waals surface area contributed by atoms with Gasteiger partial charge in [0.15, 0.2) is 0 Å². The van der Waals surface area contributed by atoms with Crippen molar-refractivity contribution in [3.8, 4) is 22.9 Å². The van der Waals surface area contributed by atoms with Crippen LogP contribution < -0.4 is 0 Å². The normalized spacial score (nSPS) is 12.5. The molecule has 0 unspecified atom stereocenters. The topological polar surface area (TPSA) is 50.3 Å². The zero-order chi connectivity index (χ0) is 39.4. The van der Waals surface area contributed by atoms with E-state index in [9.17, 15) is 10.2 Å². The van der Waals surface area contributed by atoms with E-state index >= 15 is 0 Å². The van der Waals surface area contributed by atoms with E-state index in [1.54, 1.807) is 0 Å². The Kier molecular flexibility index (Phi) is 10.2. The van der Waals surface area contributed by atoms with Crippen LogP contribution in [0.4, 0.5) is 0 Å². The number of hydrogen-bond acceptors (Lipinski definition) is 4. The van der Waals surface area contributed by atoms with E-state index in [1.807, 2.05) is 23.5 Å². The van der Waals surface area contributed by atoms with Gasteiger partial charge in [-0.05, 0) is 88.8 Å². The Labute approximate surface area is 339 Å². The van der Waals surface area contributed by atoms with Gasteiger partial charge >= 0.3 is 0 Å². The second-order valence-corrected chi connectivity index (χ2v) is 19.4. The molecule has 6 aromatic carbocycles. The lowest BCUT2D eigenvalue weighted by molar-refractivity contribution is 0.466. The molecule has 0 bridgehead atoms. The first-order valence-electron chi connectivity index (χ1n) is 19.7. The number of phenols is 2. The summed E-state index contributed by atoms with van der Waals surface area (Å²) >= 11 is 3.76. The number of hydrogen-bond donors (Lipinski definition) is 2. The summed E-state index contributed by atoms with van der Waals surface area (Å²) in [5, 5.41) is 28.6. The van der Waals surface area contributed by atoms with Crippen molar-refractivity contribution < 1.29 is 10.2 Å². The van der Waals surface area contributed by atoms with Gasteiger partial charge in [0.2, 0.25) is 0 Å². The van der Waals surface area contributed by atoms with Gasteiger partial charge in [-0.2, -0.15) is 23.5 Å². The molecule has 56 heavy (non-hydrogen) atoms. The third-order valence-corrected chi connectivity index (χ3v) is 13.2. The lowest BCUT2D eigenvalue weighted by atomic mass is 9.85. The Morgan fingerprint density at radius 3 is 1.30 bits per heavy atom. The minimum absolute atomic E-state index is 0.0759. The second-order valence-electron chi connectivity index (χ2n) is 17.2. The van der Waals surface area contributed by atoms with E-state index in [0.717, 1.165) is 74.0 Å². The zero-order valence-electron chi connectivity index (χ0n) is 33.6. The van der Waals surface area contributed by atoms with E-state index < -0.39 is 0 Å². The van der Waals surface area contributed by atoms with Crippen LogP contribution in [0.5, 0.6) is 11.5 Å². The SMILES string of the molecule is Cc1ccc2c3ccccc3n(-c3cc(C(C)(C)C)cc(CSCCCSCc4cc(C(C)(C)C)cc(-n5c6ccccc6c6ccccc65)c4O)c3O)c2c1. The van der Waals surface area contributed by atoms with Crippen LogP contribution >= 0.6 is 23.5 Å². The van der Waals surface area contributed by atoms with Gasteiger partial charge in [-0.25, -0.2) is 0 Å². The van der Waals surface area contributed by atoms with Crippen LogP contribution in [0.1, 0.15) is 75.8 Å². The van der Waals surface area contributed by atoms with Crippen molar-refractivity contribution in [2.45, 2.75) is 77.2 Å². The molecule has 0 saturated heterocycles. The highest BCUT2D eigenvalue weighted by molar-refractivity contribution is 7.99. The summed E-state index contributed by atoms with van der Waals surface area (Å²) in [6.07, 6.45) is 1.04. The Morgan fingerprint density at radius 2 is 0.875 bits per heavy atom. The van der Waals surface area contributed by atoms with Gasteiger partial charge in [-0.1, -0.05) is 120 Å². The minimum atomic E-state index is -0.0789. The number of aromatic hydroxyl groups is 2. The first-order chi connectivity index (χ1) is 26.8. The predicted molar refractivity (Wildman–Crippen MR) is 244 cm³/mol. The summed E-state index contributed by atoms with van der Waals surface area (Å²) in [6.45, 7) is 15.6. The van der Waals surface area contributed by atoms with E-state index in [2.05, 4.69) is 173 Å². The van der Waals surface area contributed by atoms with Crippen molar-refractivity contribution in [2.24, 2.45) is 0 Å². The van der Waals surface area contributed by atoms with Crippen LogP contribution in [0.15, 0.2) is 115 Å². The molecule has 6 heteroatoms. The fourth-order valence-electron chi connectivity index (χ4n) is 7.93. The van der Waals surface area contributed by atoms with E-state index in [0.29, 0.717) is 11.5 Å². The molecule has 8 aromatic rings. The smallest absolute Gasteiger partial charge is 0.143 e. The second kappa shape index (κ2) is 14.9. The lowest BCUT2D eigenvalue weighted by Gasteiger charge is -2.23. The highest BCUT2D eigenvalue weighted by Gasteiger charge is 2.24. The monoisotopic (exact) mass is 776 g/mol. The fraction of sp³-hybridized carbons (Fsp3) is 0.280. The molecular weight excluding hydrogens is 725 g/mol. The molecule has 8 rings (SSSR count). The molecule has 0 amide bonds. The van der Waals surface area contributed by atoms with Crippen LogP contribution in [0.2, 0.25) is 0 Å². The molecule has 2 heterocycles. The Morgan fingerprint density at radius 1 is 0.482 bits per heavy atom. The van der Waals surface area contributed by atoms with Crippen LogP contribution in [-0.2, 0) is 22.3 Å². The molecule has 0 saturated carbocycles. The zero-order valence-corrected chi connectivity index (χ0v) is 35.2. The summed E-state index contributed by atoms with van der Waals surface area (Å²) in [5.41, 5.74) is 11.5. The van der Waals surface area contributed by atoms with Crippen molar-refractivity contribution >= 4 is 67.1 Å². The molecule has 2 N–H and O–H groups in total. The highest BCUT2D eigenvalue weighted by Crippen LogP contribution is 2.42. The highest BCUT2D eigenvalue weighted by atomic mass is 32.2. The molecule has 0 radical (unpaired) electrons. The quantitative estimate of drug-likeness (QED) is 0.136. The summed E-state index contributed by atoms with van der Waals surface area (Å²) in [7, 11) is 0. The van der Waals surface area contributed by atoms with E-state index in [-0.39, 0.29) is 10.8 Å². The van der Waals surface area contributed by atoms with Gasteiger partial charge in [-0.3, -0.25) is 0 Å². The van der Waals surface area contributed by atoms with Crippen LogP contribution in [-0.4, -0.2) is 30.9 Å². The molecule has 2 aromatic heterocycles. The molecule has 286 valence electrons. The summed E-state index contributed by atoms with van der Waals surface area (Å²) in [6, 6.07) is 40.8. The molecule has 4 nitrogen and oxygen atoms in total. The van der Waals surface area contributed by atoms with E-state index in [1.165, 1.54) is 38.2 Å². The number of benzene rings is 6. The van der Waals surface area contributed by atoms with Crippen molar-refractivity contribution in [1.29, 1.82) is 0 Å². The number of phenolic OH excluding ortho intramolecular Hbond substituents is 2. The maximum Gasteiger partial charge on any atom is 0.143 e. The predicted octanol–water partition coefficient (Wildman–Crippen LogP) is 13.8. The van der Waals surface area contributed by atoms with Crippen LogP contribution in [0, 0.1) is 6.92 Å². The lowest BCUT2D eigenvalue weighted by Crippen LogP contribution is -2.13. The summed E-state index contributed by atoms with van der Waals surface area (Å²) < 4.78 is 4.49. The van der Waals surface area contributed by atoms with Gasteiger partial charge in [0.05, 0.1) is 33.4 Å². The summed E-state index contributed by atoms with van der Waals surface area (Å²) in [4.78, 5) is 0. The molecule has 0 spiro atoms. The van der Waals surface area contributed by atoms with Crippen LogP contribution in [0.25, 0.3) is 55.0 Å². The van der Waals surface area contributed by atoms with Crippen LogP contribution in [0.3, 0.4) is 0 Å².